The van der Waals surface area contributed by atoms with Crippen LogP contribution < -0.4 is 5.73 Å². The summed E-state index contributed by atoms with van der Waals surface area (Å²) in [4.78, 5) is 3.91. The fourth-order valence-corrected chi connectivity index (χ4v) is 0.852. The van der Waals surface area contributed by atoms with Crippen molar-refractivity contribution >= 4 is 5.95 Å². The van der Waals surface area contributed by atoms with Crippen molar-refractivity contribution in [1.29, 1.82) is 0 Å². The summed E-state index contributed by atoms with van der Waals surface area (Å²) in [6.07, 6.45) is 1.82. The van der Waals surface area contributed by atoms with Crippen molar-refractivity contribution in [2.24, 2.45) is 5.41 Å². The zero-order chi connectivity index (χ0) is 9.19. The van der Waals surface area contributed by atoms with Crippen LogP contribution in [0, 0.1) is 5.41 Å². The Morgan fingerprint density at radius 1 is 1.42 bits per heavy atom. The van der Waals surface area contributed by atoms with E-state index in [2.05, 4.69) is 30.9 Å². The standard InChI is InChI=1S/C8H15N3O/c1-8(2,3)5-4-6-10-7(9)11-12-6/h4-5H2,1-3H3,(H2,9,11). The summed E-state index contributed by atoms with van der Waals surface area (Å²) < 4.78 is 4.87. The van der Waals surface area contributed by atoms with Crippen LogP contribution in [0.5, 0.6) is 0 Å². The second-order valence-corrected chi connectivity index (χ2v) is 4.11. The Bertz CT molecular complexity index is 249. The van der Waals surface area contributed by atoms with E-state index < -0.39 is 0 Å². The summed E-state index contributed by atoms with van der Waals surface area (Å²) in [6, 6.07) is 0. The average molecular weight is 169 g/mol. The molecule has 0 unspecified atom stereocenters. The highest BCUT2D eigenvalue weighted by Crippen LogP contribution is 2.20. The van der Waals surface area contributed by atoms with Crippen LogP contribution in [-0.4, -0.2) is 10.1 Å². The normalized spacial score (nSPS) is 11.9. The lowest BCUT2D eigenvalue weighted by Gasteiger charge is -2.15. The maximum atomic E-state index is 5.30. The van der Waals surface area contributed by atoms with Gasteiger partial charge in [-0.3, -0.25) is 0 Å². The van der Waals surface area contributed by atoms with Crippen molar-refractivity contribution < 1.29 is 4.52 Å². The largest absolute Gasteiger partial charge is 0.365 e. The number of hydrogen-bond donors (Lipinski definition) is 1. The molecule has 0 radical (unpaired) electrons. The van der Waals surface area contributed by atoms with Crippen molar-refractivity contribution in [3.05, 3.63) is 5.89 Å². The fraction of sp³-hybridized carbons (Fsp3) is 0.750. The number of aromatic nitrogens is 2. The molecule has 0 saturated carbocycles. The highest BCUT2D eigenvalue weighted by molar-refractivity contribution is 5.10. The Labute approximate surface area is 72.1 Å². The van der Waals surface area contributed by atoms with E-state index in [-0.39, 0.29) is 5.95 Å². The number of rotatable bonds is 2. The molecule has 1 rings (SSSR count). The molecular weight excluding hydrogens is 154 g/mol. The monoisotopic (exact) mass is 169 g/mol. The van der Waals surface area contributed by atoms with E-state index in [4.69, 9.17) is 10.3 Å². The van der Waals surface area contributed by atoms with Gasteiger partial charge in [0.2, 0.25) is 5.89 Å². The minimum absolute atomic E-state index is 0.221. The van der Waals surface area contributed by atoms with Gasteiger partial charge in [0.1, 0.15) is 0 Å². The van der Waals surface area contributed by atoms with Crippen LogP contribution in [-0.2, 0) is 6.42 Å². The van der Waals surface area contributed by atoms with E-state index in [1.165, 1.54) is 0 Å². The summed E-state index contributed by atoms with van der Waals surface area (Å²) in [5.74, 6) is 0.848. The van der Waals surface area contributed by atoms with Gasteiger partial charge < -0.3 is 10.3 Å². The van der Waals surface area contributed by atoms with E-state index in [0.29, 0.717) is 11.3 Å². The number of nitrogen functional groups attached to an aromatic ring is 1. The average Bonchev–Trinajstić information content (AvgIpc) is 2.30. The Balaban J connectivity index is 2.44. The molecule has 4 nitrogen and oxygen atoms in total. The van der Waals surface area contributed by atoms with Gasteiger partial charge in [-0.15, -0.1) is 0 Å². The van der Waals surface area contributed by atoms with Crippen molar-refractivity contribution in [3.8, 4) is 0 Å². The zero-order valence-corrected chi connectivity index (χ0v) is 7.79. The molecule has 68 valence electrons. The summed E-state index contributed by atoms with van der Waals surface area (Å²) in [5, 5.41) is 3.51. The molecule has 0 amide bonds. The lowest BCUT2D eigenvalue weighted by Crippen LogP contribution is -2.06. The summed E-state index contributed by atoms with van der Waals surface area (Å²) in [6.45, 7) is 6.52. The van der Waals surface area contributed by atoms with Gasteiger partial charge in [0.25, 0.3) is 5.95 Å². The summed E-state index contributed by atoms with van der Waals surface area (Å²) in [7, 11) is 0. The number of hydrogen-bond acceptors (Lipinski definition) is 4. The lowest BCUT2D eigenvalue weighted by molar-refractivity contribution is 0.327. The quantitative estimate of drug-likeness (QED) is 0.730. The predicted octanol–water partition coefficient (Wildman–Crippen LogP) is 1.63. The molecule has 0 bridgehead atoms. The SMILES string of the molecule is CC(C)(C)CCc1nc(N)no1. The van der Waals surface area contributed by atoms with Gasteiger partial charge in [0, 0.05) is 6.42 Å². The predicted molar refractivity (Wildman–Crippen MR) is 46.5 cm³/mol. The number of anilines is 1. The molecule has 1 aromatic heterocycles. The topological polar surface area (TPSA) is 64.9 Å². The zero-order valence-electron chi connectivity index (χ0n) is 7.79. The molecule has 0 atom stereocenters. The second-order valence-electron chi connectivity index (χ2n) is 4.11. The highest BCUT2D eigenvalue weighted by Gasteiger charge is 2.12. The first-order valence-electron chi connectivity index (χ1n) is 4.05. The molecule has 0 aromatic carbocycles. The third-order valence-corrected chi connectivity index (χ3v) is 1.57. The van der Waals surface area contributed by atoms with Gasteiger partial charge in [-0.1, -0.05) is 20.8 Å². The number of aryl methyl sites for hydroxylation is 1. The molecule has 1 aromatic rings. The van der Waals surface area contributed by atoms with E-state index in [1.54, 1.807) is 0 Å². The Morgan fingerprint density at radius 2 is 2.08 bits per heavy atom. The molecule has 12 heavy (non-hydrogen) atoms. The second kappa shape index (κ2) is 3.13. The van der Waals surface area contributed by atoms with Gasteiger partial charge in [-0.25, -0.2) is 0 Å². The van der Waals surface area contributed by atoms with Crippen molar-refractivity contribution in [2.75, 3.05) is 5.73 Å². The minimum Gasteiger partial charge on any atom is -0.365 e. The maximum Gasteiger partial charge on any atom is 0.260 e. The summed E-state index contributed by atoms with van der Waals surface area (Å²) in [5.41, 5.74) is 5.60. The van der Waals surface area contributed by atoms with Gasteiger partial charge in [-0.05, 0) is 17.0 Å². The van der Waals surface area contributed by atoms with Crippen LogP contribution in [0.3, 0.4) is 0 Å². The Hall–Kier alpha value is -1.06. The third kappa shape index (κ3) is 2.90. The van der Waals surface area contributed by atoms with Gasteiger partial charge in [0.15, 0.2) is 0 Å². The number of nitrogens with two attached hydrogens (primary N) is 1. The van der Waals surface area contributed by atoms with Crippen molar-refractivity contribution in [3.63, 3.8) is 0 Å². The van der Waals surface area contributed by atoms with E-state index in [0.717, 1.165) is 12.8 Å². The minimum atomic E-state index is 0.221. The smallest absolute Gasteiger partial charge is 0.260 e. The van der Waals surface area contributed by atoms with Crippen LogP contribution in [0.1, 0.15) is 33.1 Å². The van der Waals surface area contributed by atoms with E-state index in [1.807, 2.05) is 0 Å². The molecule has 0 aliphatic heterocycles. The molecular formula is C8H15N3O. The van der Waals surface area contributed by atoms with Crippen molar-refractivity contribution in [1.82, 2.24) is 10.1 Å². The first-order valence-corrected chi connectivity index (χ1v) is 4.05. The first kappa shape index (κ1) is 9.03. The molecule has 0 aliphatic carbocycles. The molecule has 0 aliphatic rings. The Kier molecular flexibility index (Phi) is 2.35. The van der Waals surface area contributed by atoms with Crippen LogP contribution in [0.4, 0.5) is 5.95 Å². The van der Waals surface area contributed by atoms with Crippen LogP contribution >= 0.6 is 0 Å². The third-order valence-electron chi connectivity index (χ3n) is 1.57. The van der Waals surface area contributed by atoms with Crippen molar-refractivity contribution in [2.45, 2.75) is 33.6 Å². The molecule has 4 heteroatoms. The maximum absolute atomic E-state index is 5.30. The van der Waals surface area contributed by atoms with Gasteiger partial charge in [-0.2, -0.15) is 4.98 Å². The number of nitrogens with zero attached hydrogens (tertiary/aromatic N) is 2. The van der Waals surface area contributed by atoms with E-state index in [9.17, 15) is 0 Å². The fourth-order valence-electron chi connectivity index (χ4n) is 0.852. The van der Waals surface area contributed by atoms with Crippen LogP contribution in [0.2, 0.25) is 0 Å². The first-order chi connectivity index (χ1) is 5.47. The van der Waals surface area contributed by atoms with Gasteiger partial charge >= 0.3 is 0 Å². The van der Waals surface area contributed by atoms with E-state index >= 15 is 0 Å². The van der Waals surface area contributed by atoms with Gasteiger partial charge in [0.05, 0.1) is 0 Å². The molecule has 0 fully saturated rings. The highest BCUT2D eigenvalue weighted by atomic mass is 16.5. The Morgan fingerprint density at radius 3 is 2.50 bits per heavy atom. The molecule has 2 N–H and O–H groups in total. The van der Waals surface area contributed by atoms with Crippen LogP contribution in [0.25, 0.3) is 0 Å². The molecule has 1 heterocycles. The van der Waals surface area contributed by atoms with Crippen LogP contribution in [0.15, 0.2) is 4.52 Å². The summed E-state index contributed by atoms with van der Waals surface area (Å²) >= 11 is 0. The lowest BCUT2D eigenvalue weighted by atomic mass is 9.91. The molecule has 0 spiro atoms. The molecule has 0 saturated heterocycles.